The van der Waals surface area contributed by atoms with Crippen LogP contribution in [-0.4, -0.2) is 48.1 Å². The molecule has 0 saturated heterocycles. The fraction of sp³-hybridized carbons (Fsp3) is 0.867. The molecule has 3 nitrogen and oxygen atoms in total. The first-order valence-corrected chi connectivity index (χ1v) is 9.55. The highest BCUT2D eigenvalue weighted by Crippen LogP contribution is 2.41. The molecule has 0 rings (SSSR count). The molecule has 124 valence electrons. The zero-order valence-corrected chi connectivity index (χ0v) is 14.7. The van der Waals surface area contributed by atoms with E-state index >= 15 is 0 Å². The van der Waals surface area contributed by atoms with Crippen molar-refractivity contribution in [1.29, 1.82) is 0 Å². The van der Waals surface area contributed by atoms with Crippen molar-refractivity contribution in [3.05, 3.63) is 0 Å². The SMILES string of the molecule is CC(C)[Si](C#CC(F)(F)[C@@H](O)[C@@H](O)CO)(C(C)C)C(C)C. The average molecular weight is 322 g/mol. The standard InChI is InChI=1S/C15H28F2O3Si/c1-10(2)21(11(3)4,12(5)6)8-7-15(16,17)14(20)13(19)9-18/h10-14,18-20H,9H2,1-6H3/t13-,14-/m0/s1. The van der Waals surface area contributed by atoms with Gasteiger partial charge in [0.25, 0.3) is 0 Å². The Bertz CT molecular complexity index is 364. The van der Waals surface area contributed by atoms with Crippen LogP contribution in [0.3, 0.4) is 0 Å². The normalized spacial score (nSPS) is 16.1. The highest BCUT2D eigenvalue weighted by molar-refractivity contribution is 6.90. The Hall–Kier alpha value is -0.483. The van der Waals surface area contributed by atoms with E-state index in [-0.39, 0.29) is 16.6 Å². The molecule has 21 heavy (non-hydrogen) atoms. The van der Waals surface area contributed by atoms with Gasteiger partial charge in [0, 0.05) is 0 Å². The van der Waals surface area contributed by atoms with Crippen LogP contribution in [0, 0.1) is 11.5 Å². The highest BCUT2D eigenvalue weighted by atomic mass is 28.3. The molecular weight excluding hydrogens is 294 g/mol. The van der Waals surface area contributed by atoms with Crippen LogP contribution in [0.4, 0.5) is 8.78 Å². The molecule has 0 aliphatic carbocycles. The summed E-state index contributed by atoms with van der Waals surface area (Å²) in [7, 11) is -2.32. The summed E-state index contributed by atoms with van der Waals surface area (Å²) in [5.41, 5.74) is 3.40. The number of hydrogen-bond acceptors (Lipinski definition) is 3. The van der Waals surface area contributed by atoms with Crippen molar-refractivity contribution in [2.45, 2.75) is 76.3 Å². The molecule has 0 aromatic heterocycles. The lowest BCUT2D eigenvalue weighted by Crippen LogP contribution is -2.46. The first kappa shape index (κ1) is 20.5. The van der Waals surface area contributed by atoms with Crippen molar-refractivity contribution in [1.82, 2.24) is 0 Å². The summed E-state index contributed by atoms with van der Waals surface area (Å²) in [6.45, 7) is 11.1. The van der Waals surface area contributed by atoms with E-state index < -0.39 is 32.8 Å². The lowest BCUT2D eigenvalue weighted by molar-refractivity contribution is -0.127. The molecule has 0 heterocycles. The van der Waals surface area contributed by atoms with E-state index in [4.69, 9.17) is 5.11 Å². The van der Waals surface area contributed by atoms with Crippen LogP contribution in [0.25, 0.3) is 0 Å². The Morgan fingerprint density at radius 1 is 0.952 bits per heavy atom. The topological polar surface area (TPSA) is 60.7 Å². The summed E-state index contributed by atoms with van der Waals surface area (Å²) >= 11 is 0. The van der Waals surface area contributed by atoms with E-state index in [0.717, 1.165) is 0 Å². The van der Waals surface area contributed by atoms with Crippen LogP contribution in [0.1, 0.15) is 41.5 Å². The molecule has 3 N–H and O–H groups in total. The molecule has 0 radical (unpaired) electrons. The summed E-state index contributed by atoms with van der Waals surface area (Å²) in [6.07, 6.45) is -4.28. The Balaban J connectivity index is 5.67. The lowest BCUT2D eigenvalue weighted by atomic mass is 10.1. The van der Waals surface area contributed by atoms with E-state index in [2.05, 4.69) is 5.54 Å². The van der Waals surface area contributed by atoms with E-state index in [0.29, 0.717) is 0 Å². The molecule has 0 aromatic rings. The van der Waals surface area contributed by atoms with Gasteiger partial charge in [-0.05, 0) is 22.5 Å². The Morgan fingerprint density at radius 3 is 1.62 bits per heavy atom. The molecule has 0 bridgehead atoms. The predicted molar refractivity (Wildman–Crippen MR) is 82.9 cm³/mol. The zero-order valence-electron chi connectivity index (χ0n) is 13.7. The second-order valence-corrected chi connectivity index (χ2v) is 12.0. The molecule has 0 aromatic carbocycles. The smallest absolute Gasteiger partial charge is 0.335 e. The quantitative estimate of drug-likeness (QED) is 0.520. The first-order chi connectivity index (χ1) is 9.43. The Labute approximate surface area is 127 Å². The minimum atomic E-state index is -3.74. The fourth-order valence-electron chi connectivity index (χ4n) is 3.04. The van der Waals surface area contributed by atoms with Crippen molar-refractivity contribution in [3.8, 4) is 11.5 Å². The summed E-state index contributed by atoms with van der Waals surface area (Å²) in [5, 5.41) is 27.3. The second kappa shape index (κ2) is 7.68. The third kappa shape index (κ3) is 4.49. The van der Waals surface area contributed by atoms with Crippen molar-refractivity contribution >= 4 is 8.07 Å². The second-order valence-electron chi connectivity index (χ2n) is 6.46. The van der Waals surface area contributed by atoms with E-state index in [1.807, 2.05) is 47.5 Å². The van der Waals surface area contributed by atoms with E-state index in [9.17, 15) is 19.0 Å². The lowest BCUT2D eigenvalue weighted by Gasteiger charge is -2.38. The van der Waals surface area contributed by atoms with Gasteiger partial charge in [0.2, 0.25) is 0 Å². The summed E-state index contributed by atoms with van der Waals surface area (Å²) < 4.78 is 27.8. The van der Waals surface area contributed by atoms with Crippen LogP contribution in [-0.2, 0) is 0 Å². The van der Waals surface area contributed by atoms with Crippen molar-refractivity contribution in [3.63, 3.8) is 0 Å². The monoisotopic (exact) mass is 322 g/mol. The molecular formula is C15H28F2O3Si. The average Bonchev–Trinajstić information content (AvgIpc) is 2.36. The van der Waals surface area contributed by atoms with Crippen LogP contribution in [0.5, 0.6) is 0 Å². The van der Waals surface area contributed by atoms with Gasteiger partial charge in [-0.2, -0.15) is 8.78 Å². The van der Waals surface area contributed by atoms with Gasteiger partial charge < -0.3 is 15.3 Å². The van der Waals surface area contributed by atoms with Crippen LogP contribution in [0.15, 0.2) is 0 Å². The van der Waals surface area contributed by atoms with Gasteiger partial charge in [0.1, 0.15) is 14.2 Å². The van der Waals surface area contributed by atoms with Crippen molar-refractivity contribution in [2.75, 3.05) is 6.61 Å². The van der Waals surface area contributed by atoms with Gasteiger partial charge in [-0.3, -0.25) is 0 Å². The number of rotatable bonds is 6. The molecule has 0 fully saturated rings. The number of hydrogen-bond donors (Lipinski definition) is 3. The Morgan fingerprint density at radius 2 is 1.33 bits per heavy atom. The van der Waals surface area contributed by atoms with E-state index in [1.54, 1.807) is 0 Å². The summed E-state index contributed by atoms with van der Waals surface area (Å²) in [6, 6.07) is 0. The molecule has 0 aliphatic rings. The number of aliphatic hydroxyl groups is 3. The van der Waals surface area contributed by atoms with Crippen LogP contribution < -0.4 is 0 Å². The molecule has 2 atom stereocenters. The predicted octanol–water partition coefficient (Wildman–Crippen LogP) is 2.56. The van der Waals surface area contributed by atoms with Gasteiger partial charge in [0.15, 0.2) is 6.10 Å². The molecule has 0 saturated carbocycles. The third-order valence-electron chi connectivity index (χ3n) is 4.23. The molecule has 0 amide bonds. The number of aliphatic hydroxyl groups excluding tert-OH is 3. The number of halogens is 2. The van der Waals surface area contributed by atoms with Crippen molar-refractivity contribution < 1.29 is 24.1 Å². The summed E-state index contributed by atoms with van der Waals surface area (Å²) in [5.74, 6) is -1.82. The maximum Gasteiger partial charge on any atom is 0.335 e. The molecule has 0 aliphatic heterocycles. The van der Waals surface area contributed by atoms with Crippen LogP contribution >= 0.6 is 0 Å². The zero-order chi connectivity index (χ0) is 17.0. The number of alkyl halides is 2. The fourth-order valence-corrected chi connectivity index (χ4v) is 8.29. The minimum absolute atomic E-state index is 0.195. The maximum atomic E-state index is 13.9. The third-order valence-corrected chi connectivity index (χ3v) is 10.5. The Kier molecular flexibility index (Phi) is 7.50. The van der Waals surface area contributed by atoms with Crippen molar-refractivity contribution in [2.24, 2.45) is 0 Å². The maximum absolute atomic E-state index is 13.9. The molecule has 0 spiro atoms. The highest BCUT2D eigenvalue weighted by Gasteiger charge is 2.45. The van der Waals surface area contributed by atoms with Gasteiger partial charge in [0.05, 0.1) is 6.61 Å². The molecule has 6 heteroatoms. The first-order valence-electron chi connectivity index (χ1n) is 7.32. The van der Waals surface area contributed by atoms with Gasteiger partial charge in [-0.1, -0.05) is 41.5 Å². The molecule has 0 unspecified atom stereocenters. The van der Waals surface area contributed by atoms with Gasteiger partial charge >= 0.3 is 5.92 Å². The van der Waals surface area contributed by atoms with Crippen LogP contribution in [0.2, 0.25) is 16.6 Å². The van der Waals surface area contributed by atoms with E-state index in [1.165, 1.54) is 0 Å². The largest absolute Gasteiger partial charge is 0.394 e. The van der Waals surface area contributed by atoms with Gasteiger partial charge in [-0.15, -0.1) is 5.54 Å². The van der Waals surface area contributed by atoms with Gasteiger partial charge in [-0.25, -0.2) is 0 Å². The minimum Gasteiger partial charge on any atom is -0.394 e. The summed E-state index contributed by atoms with van der Waals surface area (Å²) in [4.78, 5) is 0.